The molecule has 0 aliphatic heterocycles. The molecule has 100 valence electrons. The van der Waals surface area contributed by atoms with Crippen LogP contribution in [-0.4, -0.2) is 41.7 Å². The summed E-state index contributed by atoms with van der Waals surface area (Å²) in [6, 6.07) is 7.21. The fourth-order valence-corrected chi connectivity index (χ4v) is 1.94. The summed E-state index contributed by atoms with van der Waals surface area (Å²) in [4.78, 5) is 13.2. The molecule has 0 spiro atoms. The first-order valence-electron chi connectivity index (χ1n) is 6.39. The summed E-state index contributed by atoms with van der Waals surface area (Å²) >= 11 is 0. The van der Waals surface area contributed by atoms with Crippen LogP contribution in [0.25, 0.3) is 0 Å². The van der Waals surface area contributed by atoms with E-state index < -0.39 is 5.97 Å². The third-order valence-corrected chi connectivity index (χ3v) is 2.95. The molecule has 1 unspecified atom stereocenters. The minimum atomic E-state index is -0.893. The molecule has 0 saturated carbocycles. The van der Waals surface area contributed by atoms with E-state index in [4.69, 9.17) is 5.11 Å². The second-order valence-corrected chi connectivity index (χ2v) is 4.42. The van der Waals surface area contributed by atoms with E-state index in [1.54, 1.807) is 18.2 Å². The lowest BCUT2D eigenvalue weighted by molar-refractivity contribution is 0.0697. The fourth-order valence-electron chi connectivity index (χ4n) is 1.94. The maximum Gasteiger partial charge on any atom is 0.335 e. The van der Waals surface area contributed by atoms with Crippen molar-refractivity contribution in [2.75, 3.05) is 25.0 Å². The zero-order valence-corrected chi connectivity index (χ0v) is 11.3. The van der Waals surface area contributed by atoms with Crippen LogP contribution < -0.4 is 5.32 Å². The number of carbonyl (C=O) groups is 1. The van der Waals surface area contributed by atoms with Crippen LogP contribution in [0, 0.1) is 0 Å². The van der Waals surface area contributed by atoms with E-state index in [9.17, 15) is 4.79 Å². The van der Waals surface area contributed by atoms with Crippen LogP contribution in [0.3, 0.4) is 0 Å². The molecular weight excluding hydrogens is 228 g/mol. The molecule has 0 bridgehead atoms. The van der Waals surface area contributed by atoms with Crippen molar-refractivity contribution in [1.82, 2.24) is 4.90 Å². The zero-order chi connectivity index (χ0) is 13.5. The fraction of sp³-hybridized carbons (Fsp3) is 0.500. The lowest BCUT2D eigenvalue weighted by Crippen LogP contribution is -2.34. The number of benzene rings is 1. The largest absolute Gasteiger partial charge is 0.478 e. The summed E-state index contributed by atoms with van der Waals surface area (Å²) in [5, 5.41) is 12.3. The lowest BCUT2D eigenvalue weighted by Gasteiger charge is -2.24. The number of nitrogens with zero attached hydrogens (tertiary/aromatic N) is 1. The van der Waals surface area contributed by atoms with Crippen molar-refractivity contribution in [1.29, 1.82) is 0 Å². The molecule has 1 atom stereocenters. The van der Waals surface area contributed by atoms with E-state index in [2.05, 4.69) is 31.0 Å². The topological polar surface area (TPSA) is 52.6 Å². The number of hydrogen-bond acceptors (Lipinski definition) is 3. The lowest BCUT2D eigenvalue weighted by atomic mass is 10.2. The Morgan fingerprint density at radius 1 is 1.39 bits per heavy atom. The summed E-state index contributed by atoms with van der Waals surface area (Å²) < 4.78 is 0. The van der Waals surface area contributed by atoms with Gasteiger partial charge in [-0.25, -0.2) is 4.79 Å². The number of carboxylic acid groups (broad SMARTS) is 1. The highest BCUT2D eigenvalue weighted by Crippen LogP contribution is 2.12. The number of likely N-dealkylation sites (N-methyl/N-ethyl adjacent to an activating group) is 1. The zero-order valence-electron chi connectivity index (χ0n) is 11.3. The predicted molar refractivity (Wildman–Crippen MR) is 74.3 cm³/mol. The average Bonchev–Trinajstić information content (AvgIpc) is 2.36. The van der Waals surface area contributed by atoms with Crippen LogP contribution in [-0.2, 0) is 0 Å². The van der Waals surface area contributed by atoms with Crippen LogP contribution in [0.15, 0.2) is 24.3 Å². The molecule has 4 nitrogen and oxygen atoms in total. The Kier molecular flexibility index (Phi) is 5.65. The van der Waals surface area contributed by atoms with Gasteiger partial charge >= 0.3 is 5.97 Å². The first-order chi connectivity index (χ1) is 8.56. The van der Waals surface area contributed by atoms with Crippen LogP contribution in [0.5, 0.6) is 0 Å². The highest BCUT2D eigenvalue weighted by Gasteiger charge is 2.08. The van der Waals surface area contributed by atoms with Crippen LogP contribution >= 0.6 is 0 Å². The Balaban J connectivity index is 2.61. The van der Waals surface area contributed by atoms with Gasteiger partial charge in [-0.1, -0.05) is 19.9 Å². The van der Waals surface area contributed by atoms with Crippen molar-refractivity contribution in [2.45, 2.75) is 26.8 Å². The monoisotopic (exact) mass is 250 g/mol. The van der Waals surface area contributed by atoms with E-state index in [1.165, 1.54) is 0 Å². The summed E-state index contributed by atoms with van der Waals surface area (Å²) in [5.74, 6) is -0.893. The number of anilines is 1. The average molecular weight is 250 g/mol. The third kappa shape index (κ3) is 4.37. The summed E-state index contributed by atoms with van der Waals surface area (Å²) in [6.45, 7) is 9.38. The minimum Gasteiger partial charge on any atom is -0.478 e. The normalized spacial score (nSPS) is 12.4. The standard InChI is InChI=1S/C14H22N2O2/c1-4-16(5-2)10-11(3)15-13-8-6-7-12(9-13)14(17)18/h6-9,11,15H,4-5,10H2,1-3H3,(H,17,18). The molecule has 0 heterocycles. The Morgan fingerprint density at radius 2 is 2.06 bits per heavy atom. The Bertz CT molecular complexity index is 389. The summed E-state index contributed by atoms with van der Waals surface area (Å²) in [7, 11) is 0. The molecule has 0 saturated heterocycles. The Morgan fingerprint density at radius 3 is 2.61 bits per heavy atom. The second-order valence-electron chi connectivity index (χ2n) is 4.42. The third-order valence-electron chi connectivity index (χ3n) is 2.95. The van der Waals surface area contributed by atoms with Gasteiger partial charge < -0.3 is 15.3 Å². The molecular formula is C14H22N2O2. The number of aromatic carboxylic acids is 1. The molecule has 0 aromatic heterocycles. The van der Waals surface area contributed by atoms with Crippen molar-refractivity contribution < 1.29 is 9.90 Å². The van der Waals surface area contributed by atoms with Gasteiger partial charge in [0, 0.05) is 18.3 Å². The van der Waals surface area contributed by atoms with Crippen molar-refractivity contribution in [3.63, 3.8) is 0 Å². The first kappa shape index (κ1) is 14.5. The van der Waals surface area contributed by atoms with Crippen LogP contribution in [0.1, 0.15) is 31.1 Å². The van der Waals surface area contributed by atoms with Crippen LogP contribution in [0.4, 0.5) is 5.69 Å². The predicted octanol–water partition coefficient (Wildman–Crippen LogP) is 2.53. The van der Waals surface area contributed by atoms with E-state index in [-0.39, 0.29) is 6.04 Å². The molecule has 0 fully saturated rings. The van der Waals surface area contributed by atoms with Gasteiger partial charge in [0.2, 0.25) is 0 Å². The Labute approximate surface area is 109 Å². The maximum atomic E-state index is 10.9. The second kappa shape index (κ2) is 7.01. The quantitative estimate of drug-likeness (QED) is 0.781. The Hall–Kier alpha value is -1.55. The summed E-state index contributed by atoms with van der Waals surface area (Å²) in [5.41, 5.74) is 1.17. The van der Waals surface area contributed by atoms with Gasteiger partial charge in [-0.15, -0.1) is 0 Å². The molecule has 1 aromatic carbocycles. The molecule has 0 amide bonds. The molecule has 2 N–H and O–H groups in total. The molecule has 0 aliphatic rings. The molecule has 1 aromatic rings. The number of carboxylic acids is 1. The van der Waals surface area contributed by atoms with E-state index in [1.807, 2.05) is 6.07 Å². The molecule has 1 rings (SSSR count). The van der Waals surface area contributed by atoms with Gasteiger partial charge in [-0.3, -0.25) is 0 Å². The van der Waals surface area contributed by atoms with Gasteiger partial charge in [0.25, 0.3) is 0 Å². The number of rotatable bonds is 7. The summed E-state index contributed by atoms with van der Waals surface area (Å²) in [6.07, 6.45) is 0. The molecule has 0 aliphatic carbocycles. The number of hydrogen-bond donors (Lipinski definition) is 2. The molecule has 18 heavy (non-hydrogen) atoms. The smallest absolute Gasteiger partial charge is 0.335 e. The highest BCUT2D eigenvalue weighted by atomic mass is 16.4. The van der Waals surface area contributed by atoms with Gasteiger partial charge in [0.05, 0.1) is 5.56 Å². The van der Waals surface area contributed by atoms with Gasteiger partial charge in [-0.2, -0.15) is 0 Å². The van der Waals surface area contributed by atoms with Crippen molar-refractivity contribution in [3.05, 3.63) is 29.8 Å². The van der Waals surface area contributed by atoms with E-state index in [0.29, 0.717) is 5.56 Å². The first-order valence-corrected chi connectivity index (χ1v) is 6.39. The SMILES string of the molecule is CCN(CC)CC(C)Nc1cccc(C(=O)O)c1. The van der Waals surface area contributed by atoms with Crippen LogP contribution in [0.2, 0.25) is 0 Å². The van der Waals surface area contributed by atoms with E-state index >= 15 is 0 Å². The van der Waals surface area contributed by atoms with Crippen molar-refractivity contribution in [2.24, 2.45) is 0 Å². The maximum absolute atomic E-state index is 10.9. The van der Waals surface area contributed by atoms with Crippen molar-refractivity contribution >= 4 is 11.7 Å². The van der Waals surface area contributed by atoms with Gasteiger partial charge in [0.15, 0.2) is 0 Å². The van der Waals surface area contributed by atoms with E-state index in [0.717, 1.165) is 25.3 Å². The molecule has 0 radical (unpaired) electrons. The minimum absolute atomic E-state index is 0.286. The van der Waals surface area contributed by atoms with Crippen molar-refractivity contribution in [3.8, 4) is 0 Å². The highest BCUT2D eigenvalue weighted by molar-refractivity contribution is 5.88. The van der Waals surface area contributed by atoms with Gasteiger partial charge in [0.1, 0.15) is 0 Å². The van der Waals surface area contributed by atoms with Gasteiger partial charge in [-0.05, 0) is 38.2 Å². The molecule has 4 heteroatoms. The number of nitrogens with one attached hydrogen (secondary N) is 1.